The van der Waals surface area contributed by atoms with Crippen molar-refractivity contribution in [2.45, 2.75) is 44.0 Å². The van der Waals surface area contributed by atoms with Gasteiger partial charge < -0.3 is 19.6 Å². The minimum atomic E-state index is -2.10. The van der Waals surface area contributed by atoms with Crippen molar-refractivity contribution in [3.63, 3.8) is 0 Å². The molecule has 1 amide bonds. The lowest BCUT2D eigenvalue weighted by atomic mass is 10.2. The fourth-order valence-electron chi connectivity index (χ4n) is 1.81. The lowest BCUT2D eigenvalue weighted by Crippen LogP contribution is -2.51. The van der Waals surface area contributed by atoms with Gasteiger partial charge in [0, 0.05) is 6.42 Å². The van der Waals surface area contributed by atoms with Gasteiger partial charge in [-0.15, -0.1) is 0 Å². The molecule has 19 heavy (non-hydrogen) atoms. The molecule has 0 heterocycles. The molecule has 0 aromatic carbocycles. The number of hydrogen-bond acceptors (Lipinski definition) is 4. The van der Waals surface area contributed by atoms with Crippen LogP contribution in [0, 0.1) is 6.57 Å². The Balaban J connectivity index is 2.84. The van der Waals surface area contributed by atoms with Crippen LogP contribution < -0.4 is 5.32 Å². The first kappa shape index (κ1) is 15.2. The van der Waals surface area contributed by atoms with Gasteiger partial charge in [0.25, 0.3) is 6.54 Å². The molecule has 1 fully saturated rings. The normalized spacial score (nSPS) is 29.1. The number of amides is 1. The summed E-state index contributed by atoms with van der Waals surface area (Å²) in [6.07, 6.45) is -1.20. The fourth-order valence-corrected chi connectivity index (χ4v) is 1.81. The van der Waals surface area contributed by atoms with E-state index in [9.17, 15) is 14.0 Å². The molecule has 0 aliphatic heterocycles. The van der Waals surface area contributed by atoms with Crippen LogP contribution in [0.1, 0.15) is 27.2 Å². The first-order valence-corrected chi connectivity index (χ1v) is 5.72. The van der Waals surface area contributed by atoms with E-state index in [2.05, 4.69) is 14.9 Å². The van der Waals surface area contributed by atoms with Gasteiger partial charge in [0.1, 0.15) is 5.60 Å². The Bertz CT molecular complexity index is 440. The van der Waals surface area contributed by atoms with E-state index in [0.717, 1.165) is 7.11 Å². The fraction of sp³-hybridized carbons (Fsp3) is 0.750. The van der Waals surface area contributed by atoms with Crippen LogP contribution in [0.2, 0.25) is 0 Å². The highest BCUT2D eigenvalue weighted by atomic mass is 19.1. The third-order valence-electron chi connectivity index (χ3n) is 2.76. The van der Waals surface area contributed by atoms with Gasteiger partial charge >= 0.3 is 12.1 Å². The molecule has 7 heteroatoms. The molecule has 1 saturated carbocycles. The van der Waals surface area contributed by atoms with Crippen LogP contribution in [0.5, 0.6) is 0 Å². The van der Waals surface area contributed by atoms with E-state index in [4.69, 9.17) is 11.3 Å². The number of carbonyl (C=O) groups is 2. The molecule has 106 valence electrons. The number of halogens is 1. The van der Waals surface area contributed by atoms with Gasteiger partial charge in [-0.3, -0.25) is 0 Å². The van der Waals surface area contributed by atoms with Crippen LogP contribution in [0.15, 0.2) is 0 Å². The summed E-state index contributed by atoms with van der Waals surface area (Å²) in [4.78, 5) is 26.2. The number of nitrogens with zero attached hydrogens (tertiary/aromatic N) is 1. The van der Waals surface area contributed by atoms with E-state index >= 15 is 0 Å². The van der Waals surface area contributed by atoms with Gasteiger partial charge in [-0.05, 0) is 20.8 Å². The van der Waals surface area contributed by atoms with Crippen molar-refractivity contribution in [2.75, 3.05) is 13.7 Å². The lowest BCUT2D eigenvalue weighted by Gasteiger charge is -2.23. The number of ether oxygens (including phenoxy) is 2. The van der Waals surface area contributed by atoms with E-state index < -0.39 is 35.4 Å². The molecule has 0 aromatic rings. The highest BCUT2D eigenvalue weighted by molar-refractivity contribution is 5.92. The third kappa shape index (κ3) is 2.95. The molecule has 6 nitrogen and oxygen atoms in total. The number of alkyl halides is 1. The first-order chi connectivity index (χ1) is 8.60. The number of methoxy groups -OCH3 is 1. The summed E-state index contributed by atoms with van der Waals surface area (Å²) in [7, 11) is 1.09. The maximum absolute atomic E-state index is 14.3. The molecule has 0 aromatic heterocycles. The molecule has 0 radical (unpaired) electrons. The minimum absolute atomic E-state index is 0.283. The highest BCUT2D eigenvalue weighted by Gasteiger charge is 2.79. The Labute approximate surface area is 111 Å². The van der Waals surface area contributed by atoms with Crippen molar-refractivity contribution in [3.8, 4) is 0 Å². The van der Waals surface area contributed by atoms with Gasteiger partial charge in [-0.1, -0.05) is 0 Å². The monoisotopic (exact) mass is 272 g/mol. The van der Waals surface area contributed by atoms with Gasteiger partial charge in [-0.2, -0.15) is 0 Å². The maximum Gasteiger partial charge on any atom is 0.408 e. The Morgan fingerprint density at radius 1 is 1.47 bits per heavy atom. The van der Waals surface area contributed by atoms with E-state index in [1.807, 2.05) is 0 Å². The summed E-state index contributed by atoms with van der Waals surface area (Å²) >= 11 is 0. The summed E-state index contributed by atoms with van der Waals surface area (Å²) in [5, 5.41) is 2.20. The van der Waals surface area contributed by atoms with Crippen LogP contribution in [-0.2, 0) is 14.3 Å². The van der Waals surface area contributed by atoms with E-state index in [1.165, 1.54) is 0 Å². The lowest BCUT2D eigenvalue weighted by molar-refractivity contribution is -0.145. The maximum atomic E-state index is 14.3. The van der Waals surface area contributed by atoms with Crippen molar-refractivity contribution >= 4 is 12.1 Å². The molecular weight excluding hydrogens is 255 g/mol. The van der Waals surface area contributed by atoms with Gasteiger partial charge in [-0.25, -0.2) is 20.6 Å². The standard InChI is InChI=1S/C12H17FN2O4/c1-10(2,3)19-9(17)15-12(8(16)18-5)6-11(12,13)7-14-4/h6-7H2,1-3,5H3,(H,15,17)/t11-,12?/m1/s1. The largest absolute Gasteiger partial charge is 0.467 e. The molecule has 0 bridgehead atoms. The van der Waals surface area contributed by atoms with Crippen molar-refractivity contribution in [1.82, 2.24) is 5.32 Å². The molecular formula is C12H17FN2O4. The number of esters is 1. The topological polar surface area (TPSA) is 69.0 Å². The number of rotatable bonds is 3. The Morgan fingerprint density at radius 2 is 2.05 bits per heavy atom. The van der Waals surface area contributed by atoms with E-state index in [-0.39, 0.29) is 6.42 Å². The second-order valence-electron chi connectivity index (χ2n) is 5.48. The SMILES string of the molecule is [C-]#[N+]C[C@]1(F)CC1(NC(=O)OC(C)(C)C)C(=O)OC. The summed E-state index contributed by atoms with van der Waals surface area (Å²) in [6.45, 7) is 11.1. The van der Waals surface area contributed by atoms with Crippen LogP contribution in [-0.4, -0.2) is 42.5 Å². The van der Waals surface area contributed by atoms with E-state index in [1.54, 1.807) is 20.8 Å². The Hall–Kier alpha value is -1.84. The molecule has 1 unspecified atom stereocenters. The van der Waals surface area contributed by atoms with Crippen LogP contribution >= 0.6 is 0 Å². The second kappa shape index (κ2) is 4.68. The molecule has 2 atom stereocenters. The minimum Gasteiger partial charge on any atom is -0.467 e. The van der Waals surface area contributed by atoms with Crippen molar-refractivity contribution in [3.05, 3.63) is 11.4 Å². The summed E-state index contributed by atoms with van der Waals surface area (Å²) in [5.74, 6) is -0.912. The molecule has 1 N–H and O–H groups in total. The van der Waals surface area contributed by atoms with Gasteiger partial charge in [0.15, 0.2) is 5.54 Å². The zero-order valence-corrected chi connectivity index (χ0v) is 11.4. The molecule has 1 aliphatic carbocycles. The second-order valence-corrected chi connectivity index (χ2v) is 5.48. The number of hydrogen-bond donors (Lipinski definition) is 1. The summed E-state index contributed by atoms with van der Waals surface area (Å²) in [5.41, 5.74) is -4.68. The number of carbonyl (C=O) groups excluding carboxylic acids is 2. The summed E-state index contributed by atoms with van der Waals surface area (Å²) < 4.78 is 23.7. The Morgan fingerprint density at radius 3 is 2.47 bits per heavy atom. The predicted octanol–water partition coefficient (Wildman–Crippen LogP) is 1.45. The smallest absolute Gasteiger partial charge is 0.408 e. The highest BCUT2D eigenvalue weighted by Crippen LogP contribution is 2.52. The predicted molar refractivity (Wildman–Crippen MR) is 64.0 cm³/mol. The molecule has 0 saturated heterocycles. The average Bonchev–Trinajstić information content (AvgIpc) is 2.80. The van der Waals surface area contributed by atoms with Crippen molar-refractivity contribution in [1.29, 1.82) is 0 Å². The quantitative estimate of drug-likeness (QED) is 0.623. The van der Waals surface area contributed by atoms with Gasteiger partial charge in [0.05, 0.1) is 7.11 Å². The van der Waals surface area contributed by atoms with Crippen molar-refractivity contribution < 1.29 is 23.5 Å². The van der Waals surface area contributed by atoms with Gasteiger partial charge in [0.2, 0.25) is 5.67 Å². The summed E-state index contributed by atoms with van der Waals surface area (Å²) in [6, 6.07) is 0. The van der Waals surface area contributed by atoms with E-state index in [0.29, 0.717) is 0 Å². The molecule has 1 aliphatic rings. The first-order valence-electron chi connectivity index (χ1n) is 5.72. The average molecular weight is 272 g/mol. The third-order valence-corrected chi connectivity index (χ3v) is 2.76. The van der Waals surface area contributed by atoms with Crippen LogP contribution in [0.25, 0.3) is 4.85 Å². The molecule has 1 rings (SSSR count). The van der Waals surface area contributed by atoms with Crippen LogP contribution in [0.4, 0.5) is 9.18 Å². The molecule has 0 spiro atoms. The Kier molecular flexibility index (Phi) is 3.75. The number of nitrogens with one attached hydrogen (secondary N) is 1. The zero-order chi connectivity index (χ0) is 14.9. The van der Waals surface area contributed by atoms with Crippen LogP contribution in [0.3, 0.4) is 0 Å². The zero-order valence-electron chi connectivity index (χ0n) is 11.4. The van der Waals surface area contributed by atoms with Crippen molar-refractivity contribution in [2.24, 2.45) is 0 Å². The number of alkyl carbamates (subject to hydrolysis) is 1.